The fourth-order valence-corrected chi connectivity index (χ4v) is 5.01. The molecule has 0 radical (unpaired) electrons. The topological polar surface area (TPSA) is 75.7 Å². The molecule has 1 fully saturated rings. The molecule has 1 aliphatic heterocycles. The number of hydrogen-bond donors (Lipinski definition) is 1. The Morgan fingerprint density at radius 3 is 2.31 bits per heavy atom. The first-order valence-corrected chi connectivity index (χ1v) is 11.6. The van der Waals surface area contributed by atoms with Gasteiger partial charge in [0.1, 0.15) is 5.75 Å². The molecule has 0 spiro atoms. The summed E-state index contributed by atoms with van der Waals surface area (Å²) < 4.78 is 32.2. The molecule has 0 unspecified atom stereocenters. The molecule has 0 aromatic heterocycles. The third kappa shape index (κ3) is 5.95. The molecule has 6 nitrogen and oxygen atoms in total. The van der Waals surface area contributed by atoms with Crippen molar-refractivity contribution in [1.82, 2.24) is 4.31 Å². The molecule has 29 heavy (non-hydrogen) atoms. The van der Waals surface area contributed by atoms with Crippen molar-refractivity contribution in [2.24, 2.45) is 5.92 Å². The largest absolute Gasteiger partial charge is 0.494 e. The van der Waals surface area contributed by atoms with E-state index in [1.54, 1.807) is 36.4 Å². The van der Waals surface area contributed by atoms with Gasteiger partial charge in [-0.05, 0) is 61.7 Å². The van der Waals surface area contributed by atoms with Crippen molar-refractivity contribution in [3.63, 3.8) is 0 Å². The summed E-state index contributed by atoms with van der Waals surface area (Å²) in [7, 11) is -3.42. The maximum atomic E-state index is 12.7. The maximum Gasteiger partial charge on any atom is 0.227 e. The molecule has 1 amide bonds. The summed E-state index contributed by atoms with van der Waals surface area (Å²) in [6.45, 7) is 3.19. The van der Waals surface area contributed by atoms with E-state index in [1.807, 2.05) is 19.1 Å². The first kappa shape index (κ1) is 21.6. The highest BCUT2D eigenvalue weighted by Gasteiger charge is 2.31. The molecule has 1 aliphatic rings. The summed E-state index contributed by atoms with van der Waals surface area (Å²) in [4.78, 5) is 12.5. The number of anilines is 1. The lowest BCUT2D eigenvalue weighted by Crippen LogP contribution is -2.41. The van der Waals surface area contributed by atoms with Crippen LogP contribution in [-0.4, -0.2) is 38.3 Å². The molecule has 0 atom stereocenters. The zero-order valence-corrected chi connectivity index (χ0v) is 17.9. The van der Waals surface area contributed by atoms with Crippen molar-refractivity contribution in [1.29, 1.82) is 0 Å². The molecular weight excluding hydrogens is 412 g/mol. The minimum Gasteiger partial charge on any atom is -0.494 e. The standard InChI is InChI=1S/C21H25ClN2O4S/c1-2-28-20-9-7-19(8-10-20)23-21(25)17-11-13-24(14-12-17)29(26,27)15-16-3-5-18(22)6-4-16/h3-10,17H,2,11-15H2,1H3,(H,23,25). The van der Waals surface area contributed by atoms with Gasteiger partial charge in [0.2, 0.25) is 15.9 Å². The van der Waals surface area contributed by atoms with Crippen molar-refractivity contribution in [2.45, 2.75) is 25.5 Å². The Kier molecular flexibility index (Phi) is 7.16. The summed E-state index contributed by atoms with van der Waals surface area (Å²) in [6.07, 6.45) is 1.01. The molecule has 1 saturated heterocycles. The van der Waals surface area contributed by atoms with Gasteiger partial charge in [0.15, 0.2) is 0 Å². The number of nitrogens with one attached hydrogen (secondary N) is 1. The number of nitrogens with zero attached hydrogens (tertiary/aromatic N) is 1. The lowest BCUT2D eigenvalue weighted by Gasteiger charge is -2.30. The second-order valence-corrected chi connectivity index (χ2v) is 9.41. The van der Waals surface area contributed by atoms with Crippen LogP contribution in [0.1, 0.15) is 25.3 Å². The predicted octanol–water partition coefficient (Wildman–Crippen LogP) is 3.92. The molecule has 1 heterocycles. The number of ether oxygens (including phenoxy) is 1. The number of rotatable bonds is 7. The quantitative estimate of drug-likeness (QED) is 0.713. The smallest absolute Gasteiger partial charge is 0.227 e. The highest BCUT2D eigenvalue weighted by Crippen LogP contribution is 2.24. The van der Waals surface area contributed by atoms with E-state index >= 15 is 0 Å². The molecule has 2 aromatic carbocycles. The molecule has 0 aliphatic carbocycles. The third-order valence-corrected chi connectivity index (χ3v) is 7.02. The second-order valence-electron chi connectivity index (χ2n) is 7.00. The predicted molar refractivity (Wildman–Crippen MR) is 115 cm³/mol. The average molecular weight is 437 g/mol. The summed E-state index contributed by atoms with van der Waals surface area (Å²) in [6, 6.07) is 14.0. The molecule has 8 heteroatoms. The summed E-state index contributed by atoms with van der Waals surface area (Å²) >= 11 is 5.85. The Hall–Kier alpha value is -2.09. The van der Waals surface area contributed by atoms with Crippen LogP contribution in [0, 0.1) is 5.92 Å². The van der Waals surface area contributed by atoms with Gasteiger partial charge < -0.3 is 10.1 Å². The van der Waals surface area contributed by atoms with Gasteiger partial charge in [-0.1, -0.05) is 23.7 Å². The number of benzene rings is 2. The van der Waals surface area contributed by atoms with E-state index in [1.165, 1.54) is 4.31 Å². The number of piperidine rings is 1. The van der Waals surface area contributed by atoms with Gasteiger partial charge >= 0.3 is 0 Å². The van der Waals surface area contributed by atoms with Crippen LogP contribution < -0.4 is 10.1 Å². The van der Waals surface area contributed by atoms with E-state index in [2.05, 4.69) is 5.32 Å². The molecular formula is C21H25ClN2O4S. The zero-order chi connectivity index (χ0) is 20.9. The van der Waals surface area contributed by atoms with Gasteiger partial charge in [-0.15, -0.1) is 0 Å². The Morgan fingerprint density at radius 1 is 1.10 bits per heavy atom. The van der Waals surface area contributed by atoms with Gasteiger partial charge in [0.05, 0.1) is 12.4 Å². The third-order valence-electron chi connectivity index (χ3n) is 4.91. The minimum atomic E-state index is -3.42. The first-order chi connectivity index (χ1) is 13.9. The highest BCUT2D eigenvalue weighted by molar-refractivity contribution is 7.88. The van der Waals surface area contributed by atoms with E-state index in [0.717, 1.165) is 5.75 Å². The Balaban J connectivity index is 1.52. The van der Waals surface area contributed by atoms with Crippen molar-refractivity contribution in [3.8, 4) is 5.75 Å². The minimum absolute atomic E-state index is 0.0623. The molecule has 156 valence electrons. The van der Waals surface area contributed by atoms with Crippen LogP contribution in [0.2, 0.25) is 5.02 Å². The van der Waals surface area contributed by atoms with Crippen LogP contribution in [0.25, 0.3) is 0 Å². The Bertz CT molecular complexity index is 922. The van der Waals surface area contributed by atoms with Crippen LogP contribution in [0.3, 0.4) is 0 Å². The van der Waals surface area contributed by atoms with Gasteiger partial charge in [0.25, 0.3) is 0 Å². The number of halogens is 1. The Labute approximate surface area is 176 Å². The van der Waals surface area contributed by atoms with E-state index < -0.39 is 10.0 Å². The van der Waals surface area contributed by atoms with E-state index in [0.29, 0.717) is 48.8 Å². The number of amides is 1. The number of hydrogen-bond acceptors (Lipinski definition) is 4. The molecule has 0 saturated carbocycles. The summed E-state index contributed by atoms with van der Waals surface area (Å²) in [5.41, 5.74) is 1.40. The molecule has 3 rings (SSSR count). The first-order valence-electron chi connectivity index (χ1n) is 9.63. The number of carbonyl (C=O) groups excluding carboxylic acids is 1. The van der Waals surface area contributed by atoms with Gasteiger partial charge in [0, 0.05) is 29.7 Å². The van der Waals surface area contributed by atoms with Gasteiger partial charge in [-0.25, -0.2) is 12.7 Å². The normalized spacial score (nSPS) is 15.8. The Morgan fingerprint density at radius 2 is 1.72 bits per heavy atom. The maximum absolute atomic E-state index is 12.7. The second kappa shape index (κ2) is 9.61. The highest BCUT2D eigenvalue weighted by atomic mass is 35.5. The zero-order valence-electron chi connectivity index (χ0n) is 16.3. The number of sulfonamides is 1. The summed E-state index contributed by atoms with van der Waals surface area (Å²) in [5, 5.41) is 3.48. The van der Waals surface area contributed by atoms with Crippen molar-refractivity contribution >= 4 is 33.2 Å². The van der Waals surface area contributed by atoms with Crippen LogP contribution in [0.4, 0.5) is 5.69 Å². The average Bonchev–Trinajstić information content (AvgIpc) is 2.71. The van der Waals surface area contributed by atoms with Crippen LogP contribution in [-0.2, 0) is 20.6 Å². The van der Waals surface area contributed by atoms with Crippen molar-refractivity contribution < 1.29 is 17.9 Å². The fourth-order valence-electron chi connectivity index (χ4n) is 3.32. The lowest BCUT2D eigenvalue weighted by atomic mass is 9.97. The molecule has 2 aromatic rings. The van der Waals surface area contributed by atoms with E-state index in [9.17, 15) is 13.2 Å². The summed E-state index contributed by atoms with van der Waals surface area (Å²) in [5.74, 6) is 0.407. The molecule has 0 bridgehead atoms. The van der Waals surface area contributed by atoms with Crippen molar-refractivity contribution in [2.75, 3.05) is 25.0 Å². The van der Waals surface area contributed by atoms with Crippen LogP contribution >= 0.6 is 11.6 Å². The number of carbonyl (C=O) groups is 1. The van der Waals surface area contributed by atoms with E-state index in [4.69, 9.17) is 16.3 Å². The SMILES string of the molecule is CCOc1ccc(NC(=O)C2CCN(S(=O)(=O)Cc3ccc(Cl)cc3)CC2)cc1. The van der Waals surface area contributed by atoms with Crippen LogP contribution in [0.5, 0.6) is 5.75 Å². The van der Waals surface area contributed by atoms with Gasteiger partial charge in [-0.3, -0.25) is 4.79 Å². The lowest BCUT2D eigenvalue weighted by molar-refractivity contribution is -0.120. The van der Waals surface area contributed by atoms with Crippen molar-refractivity contribution in [3.05, 3.63) is 59.1 Å². The van der Waals surface area contributed by atoms with Gasteiger partial charge in [-0.2, -0.15) is 0 Å². The molecule has 1 N–H and O–H groups in total. The van der Waals surface area contributed by atoms with Crippen LogP contribution in [0.15, 0.2) is 48.5 Å². The van der Waals surface area contributed by atoms with E-state index in [-0.39, 0.29) is 17.6 Å². The monoisotopic (exact) mass is 436 g/mol. The fraction of sp³-hybridized carbons (Fsp3) is 0.381.